The molecule has 0 aliphatic carbocycles. The molecule has 4 rings (SSSR count). The molecule has 0 unspecified atom stereocenters. The molecule has 37 heavy (non-hydrogen) atoms. The van der Waals surface area contributed by atoms with Crippen LogP contribution in [0.4, 0.5) is 5.69 Å². The fraction of sp³-hybridized carbons (Fsp3) is 0.185. The molecule has 0 radical (unpaired) electrons. The number of halogens is 2. The highest BCUT2D eigenvalue weighted by Gasteiger charge is 2.15. The number of fused-ring (bicyclic) bond motifs is 1. The lowest BCUT2D eigenvalue weighted by Crippen LogP contribution is -2.22. The minimum Gasteiger partial charge on any atom is -0.493 e. The maximum atomic E-state index is 13.1. The highest BCUT2D eigenvalue weighted by atomic mass is 79.9. The van der Waals surface area contributed by atoms with Crippen molar-refractivity contribution in [2.45, 2.75) is 20.3 Å². The van der Waals surface area contributed by atoms with E-state index in [0.717, 1.165) is 10.0 Å². The number of rotatable bonds is 8. The van der Waals surface area contributed by atoms with Gasteiger partial charge in [-0.05, 0) is 54.4 Å². The maximum absolute atomic E-state index is 13.1. The van der Waals surface area contributed by atoms with Crippen LogP contribution in [0, 0.1) is 6.92 Å². The number of methoxy groups -OCH3 is 1. The van der Waals surface area contributed by atoms with Gasteiger partial charge in [0.2, 0.25) is 0 Å². The Labute approximate surface area is 227 Å². The molecule has 1 aromatic heterocycles. The van der Waals surface area contributed by atoms with Gasteiger partial charge in [0.1, 0.15) is 5.82 Å². The van der Waals surface area contributed by atoms with E-state index in [0.29, 0.717) is 40.1 Å². The third kappa shape index (κ3) is 6.00. The van der Waals surface area contributed by atoms with E-state index in [-0.39, 0.29) is 28.8 Å². The van der Waals surface area contributed by atoms with Gasteiger partial charge in [0, 0.05) is 16.6 Å². The van der Waals surface area contributed by atoms with Crippen LogP contribution in [0.15, 0.2) is 69.0 Å². The van der Waals surface area contributed by atoms with Crippen LogP contribution in [0.2, 0.25) is 5.02 Å². The third-order valence-electron chi connectivity index (χ3n) is 5.53. The van der Waals surface area contributed by atoms with Gasteiger partial charge in [-0.2, -0.15) is 9.78 Å². The Hall–Kier alpha value is -3.69. The number of amides is 1. The van der Waals surface area contributed by atoms with E-state index in [1.165, 1.54) is 18.0 Å². The van der Waals surface area contributed by atoms with Crippen molar-refractivity contribution in [1.29, 1.82) is 0 Å². The first-order valence-electron chi connectivity index (χ1n) is 11.4. The summed E-state index contributed by atoms with van der Waals surface area (Å²) in [7, 11) is 1.47. The quantitative estimate of drug-likeness (QED) is 0.273. The lowest BCUT2D eigenvalue weighted by Gasteiger charge is -2.14. The van der Waals surface area contributed by atoms with Crippen molar-refractivity contribution >= 4 is 56.2 Å². The summed E-state index contributed by atoms with van der Waals surface area (Å²) in [5.74, 6) is 0.736. The molecule has 190 valence electrons. The van der Waals surface area contributed by atoms with Crippen LogP contribution in [-0.4, -0.2) is 35.5 Å². The van der Waals surface area contributed by atoms with Crippen molar-refractivity contribution in [3.05, 3.63) is 91.4 Å². The Morgan fingerprint density at radius 2 is 2.00 bits per heavy atom. The molecule has 8 nitrogen and oxygen atoms in total. The molecule has 1 heterocycles. The molecule has 0 saturated carbocycles. The van der Waals surface area contributed by atoms with Gasteiger partial charge >= 0.3 is 0 Å². The Balaban J connectivity index is 1.57. The van der Waals surface area contributed by atoms with Gasteiger partial charge < -0.3 is 14.8 Å². The molecule has 0 fully saturated rings. The second-order valence-electron chi connectivity index (χ2n) is 8.09. The second kappa shape index (κ2) is 11.6. The van der Waals surface area contributed by atoms with E-state index in [9.17, 15) is 9.59 Å². The maximum Gasteiger partial charge on any atom is 0.282 e. The van der Waals surface area contributed by atoms with Crippen LogP contribution >= 0.6 is 27.5 Å². The van der Waals surface area contributed by atoms with E-state index in [2.05, 4.69) is 31.3 Å². The molecule has 0 atom stereocenters. The summed E-state index contributed by atoms with van der Waals surface area (Å²) in [4.78, 5) is 30.1. The van der Waals surface area contributed by atoms with Gasteiger partial charge in [-0.1, -0.05) is 52.7 Å². The van der Waals surface area contributed by atoms with Gasteiger partial charge in [0.05, 0.1) is 29.2 Å². The molecular formula is C27H24BrClN4O4. The number of para-hydroxylation sites is 1. The Morgan fingerprint density at radius 3 is 2.73 bits per heavy atom. The number of carbonyl (C=O) groups excluding carboxylic acids is 1. The molecule has 10 heteroatoms. The number of ether oxygens (including phenoxy) is 2. The lowest BCUT2D eigenvalue weighted by atomic mass is 10.2. The zero-order chi connectivity index (χ0) is 26.5. The highest BCUT2D eigenvalue weighted by Crippen LogP contribution is 2.36. The molecule has 1 amide bonds. The average molecular weight is 584 g/mol. The average Bonchev–Trinajstić information content (AvgIpc) is 2.88. The van der Waals surface area contributed by atoms with Crippen LogP contribution in [-0.2, 0) is 11.2 Å². The minimum atomic E-state index is -0.333. The zero-order valence-corrected chi connectivity index (χ0v) is 22.8. The van der Waals surface area contributed by atoms with Gasteiger partial charge in [0.25, 0.3) is 11.5 Å². The summed E-state index contributed by atoms with van der Waals surface area (Å²) in [5.41, 5.74) is 2.54. The number of carbonyl (C=O) groups is 1. The molecular weight excluding hydrogens is 560 g/mol. The standard InChI is InChI=1S/C27H24BrClN4O4/c1-4-24-31-22-10-9-18(28)13-19(22)27(35)33(24)30-14-17-11-20(29)26(23(12-17)36-3)37-15-25(34)32-21-8-6-5-7-16(21)2/h5-14H,4,15H2,1-3H3,(H,32,34). The number of benzene rings is 3. The second-order valence-corrected chi connectivity index (χ2v) is 9.41. The predicted molar refractivity (Wildman–Crippen MR) is 149 cm³/mol. The smallest absolute Gasteiger partial charge is 0.282 e. The Morgan fingerprint density at radius 1 is 1.22 bits per heavy atom. The van der Waals surface area contributed by atoms with Crippen LogP contribution < -0.4 is 20.3 Å². The molecule has 0 aliphatic rings. The monoisotopic (exact) mass is 582 g/mol. The Bertz CT molecular complexity index is 1570. The number of hydrogen-bond donors (Lipinski definition) is 1. The van der Waals surface area contributed by atoms with Crippen molar-refractivity contribution in [1.82, 2.24) is 9.66 Å². The molecule has 0 bridgehead atoms. The van der Waals surface area contributed by atoms with Crippen molar-refractivity contribution in [3.63, 3.8) is 0 Å². The topological polar surface area (TPSA) is 94.8 Å². The molecule has 1 N–H and O–H groups in total. The van der Waals surface area contributed by atoms with Crippen molar-refractivity contribution in [2.24, 2.45) is 5.10 Å². The molecule has 0 spiro atoms. The number of aryl methyl sites for hydroxylation is 2. The van der Waals surface area contributed by atoms with Crippen LogP contribution in [0.1, 0.15) is 23.9 Å². The van der Waals surface area contributed by atoms with Crippen LogP contribution in [0.5, 0.6) is 11.5 Å². The fourth-order valence-corrected chi connectivity index (χ4v) is 4.29. The fourth-order valence-electron chi connectivity index (χ4n) is 3.66. The summed E-state index contributed by atoms with van der Waals surface area (Å²) in [6.07, 6.45) is 2.01. The molecule has 3 aromatic carbocycles. The highest BCUT2D eigenvalue weighted by molar-refractivity contribution is 9.10. The van der Waals surface area contributed by atoms with Gasteiger partial charge in [-0.15, -0.1) is 0 Å². The summed E-state index contributed by atoms with van der Waals surface area (Å²) >= 11 is 9.86. The van der Waals surface area contributed by atoms with E-state index >= 15 is 0 Å². The summed E-state index contributed by atoms with van der Waals surface area (Å²) in [6, 6.07) is 16.1. The number of aromatic nitrogens is 2. The van der Waals surface area contributed by atoms with E-state index in [1.807, 2.05) is 44.2 Å². The van der Waals surface area contributed by atoms with Gasteiger partial charge in [-0.25, -0.2) is 4.98 Å². The minimum absolute atomic E-state index is 0.227. The first kappa shape index (κ1) is 26.4. The first-order valence-corrected chi connectivity index (χ1v) is 12.6. The number of nitrogens with one attached hydrogen (secondary N) is 1. The SMILES string of the molecule is CCc1nc2ccc(Br)cc2c(=O)n1N=Cc1cc(Cl)c(OCC(=O)Nc2ccccc2C)c(OC)c1. The van der Waals surface area contributed by atoms with E-state index in [4.69, 9.17) is 21.1 Å². The zero-order valence-electron chi connectivity index (χ0n) is 20.4. The molecule has 4 aromatic rings. The first-order chi connectivity index (χ1) is 17.8. The number of anilines is 1. The molecule has 0 saturated heterocycles. The third-order valence-corrected chi connectivity index (χ3v) is 6.31. The lowest BCUT2D eigenvalue weighted by molar-refractivity contribution is -0.118. The van der Waals surface area contributed by atoms with Crippen molar-refractivity contribution in [2.75, 3.05) is 19.0 Å². The van der Waals surface area contributed by atoms with Crippen LogP contribution in [0.25, 0.3) is 10.9 Å². The Kier molecular flexibility index (Phi) is 8.25. The number of hydrogen-bond acceptors (Lipinski definition) is 6. The predicted octanol–water partition coefficient (Wildman–Crippen LogP) is 5.59. The normalized spacial score (nSPS) is 11.2. The van der Waals surface area contributed by atoms with Crippen LogP contribution in [0.3, 0.4) is 0 Å². The van der Waals surface area contributed by atoms with Gasteiger partial charge in [-0.3, -0.25) is 9.59 Å². The summed E-state index contributed by atoms with van der Waals surface area (Å²) in [5, 5.41) is 7.87. The van der Waals surface area contributed by atoms with Gasteiger partial charge in [0.15, 0.2) is 18.1 Å². The van der Waals surface area contributed by atoms with E-state index in [1.54, 1.807) is 24.3 Å². The summed E-state index contributed by atoms with van der Waals surface area (Å²) in [6.45, 7) is 3.55. The number of nitrogens with zero attached hydrogens (tertiary/aromatic N) is 3. The van der Waals surface area contributed by atoms with Crippen molar-refractivity contribution < 1.29 is 14.3 Å². The molecule has 0 aliphatic heterocycles. The largest absolute Gasteiger partial charge is 0.493 e. The van der Waals surface area contributed by atoms with E-state index < -0.39 is 0 Å². The van der Waals surface area contributed by atoms with Crippen molar-refractivity contribution in [3.8, 4) is 11.5 Å². The summed E-state index contributed by atoms with van der Waals surface area (Å²) < 4.78 is 13.2.